The van der Waals surface area contributed by atoms with E-state index in [4.69, 9.17) is 0 Å². The first-order valence-corrected chi connectivity index (χ1v) is 10.7. The molecule has 4 aliphatic carbocycles. The minimum Gasteiger partial charge on any atom is -0.207 e. The first kappa shape index (κ1) is 14.3. The number of rotatable bonds is 2. The molecule has 6 rings (SSSR count). The van der Waals surface area contributed by atoms with E-state index in [1.807, 2.05) is 23.4 Å². The summed E-state index contributed by atoms with van der Waals surface area (Å²) in [7, 11) is -3.38. The lowest BCUT2D eigenvalue weighted by Crippen LogP contribution is -2.42. The van der Waals surface area contributed by atoms with Gasteiger partial charge in [-0.05, 0) is 66.9 Å². The van der Waals surface area contributed by atoms with Crippen LogP contribution in [-0.4, -0.2) is 25.3 Å². The molecular formula is C20H25NO2S. The Morgan fingerprint density at radius 1 is 1.12 bits per heavy atom. The highest BCUT2D eigenvalue weighted by molar-refractivity contribution is 7.89. The second-order valence-electron chi connectivity index (χ2n) is 9.83. The van der Waals surface area contributed by atoms with E-state index >= 15 is 0 Å². The summed E-state index contributed by atoms with van der Waals surface area (Å²) in [6, 6.07) is 7.51. The van der Waals surface area contributed by atoms with E-state index in [9.17, 15) is 8.42 Å². The maximum atomic E-state index is 13.3. The van der Waals surface area contributed by atoms with Crippen molar-refractivity contribution in [2.45, 2.75) is 51.5 Å². The van der Waals surface area contributed by atoms with Crippen LogP contribution in [0.1, 0.15) is 39.2 Å². The predicted molar refractivity (Wildman–Crippen MR) is 91.8 cm³/mol. The van der Waals surface area contributed by atoms with Crippen LogP contribution < -0.4 is 0 Å². The lowest BCUT2D eigenvalue weighted by Gasteiger charge is -2.34. The number of benzene rings is 1. The molecule has 1 aromatic carbocycles. The molecule has 24 heavy (non-hydrogen) atoms. The number of hydrogen-bond acceptors (Lipinski definition) is 2. The van der Waals surface area contributed by atoms with Gasteiger partial charge >= 0.3 is 0 Å². The Kier molecular flexibility index (Phi) is 2.01. The van der Waals surface area contributed by atoms with E-state index in [2.05, 4.69) is 20.8 Å². The highest BCUT2D eigenvalue weighted by Crippen LogP contribution is 3.07. The number of hydrogen-bond donors (Lipinski definition) is 0. The van der Waals surface area contributed by atoms with E-state index in [0.717, 1.165) is 23.9 Å². The third-order valence-corrected chi connectivity index (χ3v) is 11.4. The molecule has 1 aliphatic heterocycles. The number of sulfonamides is 1. The molecule has 1 aromatic rings. The molecule has 3 nitrogen and oxygen atoms in total. The van der Waals surface area contributed by atoms with Crippen LogP contribution in [0.3, 0.4) is 0 Å². The third kappa shape index (κ3) is 1.03. The van der Waals surface area contributed by atoms with Crippen LogP contribution in [0, 0.1) is 40.4 Å². The van der Waals surface area contributed by atoms with Gasteiger partial charge in [0.15, 0.2) is 0 Å². The van der Waals surface area contributed by atoms with Gasteiger partial charge in [-0.15, -0.1) is 0 Å². The van der Waals surface area contributed by atoms with Crippen LogP contribution >= 0.6 is 0 Å². The van der Waals surface area contributed by atoms with Gasteiger partial charge in [-0.1, -0.05) is 31.5 Å². The van der Waals surface area contributed by atoms with Crippen LogP contribution in [-0.2, 0) is 10.0 Å². The summed E-state index contributed by atoms with van der Waals surface area (Å²) < 4.78 is 28.4. The van der Waals surface area contributed by atoms with Gasteiger partial charge in [0.2, 0.25) is 10.0 Å². The van der Waals surface area contributed by atoms with Crippen molar-refractivity contribution in [2.75, 3.05) is 6.54 Å². The van der Waals surface area contributed by atoms with Crippen molar-refractivity contribution in [1.82, 2.24) is 4.31 Å². The van der Waals surface area contributed by atoms with Gasteiger partial charge in [-0.25, -0.2) is 8.42 Å². The van der Waals surface area contributed by atoms with Crippen LogP contribution in [0.2, 0.25) is 0 Å². The van der Waals surface area contributed by atoms with Crippen LogP contribution in [0.5, 0.6) is 0 Å². The summed E-state index contributed by atoms with van der Waals surface area (Å²) in [6.45, 7) is 9.89. The van der Waals surface area contributed by atoms with Crippen molar-refractivity contribution in [1.29, 1.82) is 0 Å². The van der Waals surface area contributed by atoms with Gasteiger partial charge in [0.25, 0.3) is 0 Å². The maximum absolute atomic E-state index is 13.3. The third-order valence-electron chi connectivity index (χ3n) is 9.50. The minimum atomic E-state index is -3.38. The van der Waals surface area contributed by atoms with Crippen molar-refractivity contribution in [2.24, 2.45) is 33.5 Å². The van der Waals surface area contributed by atoms with Gasteiger partial charge in [-0.2, -0.15) is 4.31 Å². The Morgan fingerprint density at radius 2 is 1.79 bits per heavy atom. The predicted octanol–water partition coefficient (Wildman–Crippen LogP) is 3.44. The van der Waals surface area contributed by atoms with Crippen molar-refractivity contribution in [3.63, 3.8) is 0 Å². The largest absolute Gasteiger partial charge is 0.243 e. The summed E-state index contributed by atoms with van der Waals surface area (Å²) >= 11 is 0. The highest BCUT2D eigenvalue weighted by Gasteiger charge is 3.05. The molecule has 5 fully saturated rings. The van der Waals surface area contributed by atoms with Crippen LogP contribution in [0.15, 0.2) is 29.2 Å². The molecule has 0 bridgehead atoms. The van der Waals surface area contributed by atoms with Crippen molar-refractivity contribution in [3.05, 3.63) is 29.8 Å². The molecule has 7 atom stereocenters. The molecule has 128 valence electrons. The van der Waals surface area contributed by atoms with Gasteiger partial charge in [0, 0.05) is 18.0 Å². The Balaban J connectivity index is 1.43. The SMILES string of the molecule is Cc1ccc(S(=O)(=O)N2CC34CC5(C)C6C5(C)CC3C64C2C)cc1. The fourth-order valence-corrected chi connectivity index (χ4v) is 10.4. The van der Waals surface area contributed by atoms with E-state index in [0.29, 0.717) is 26.6 Å². The number of piperidine rings is 1. The van der Waals surface area contributed by atoms with Gasteiger partial charge in [-0.3, -0.25) is 0 Å². The zero-order chi connectivity index (χ0) is 16.9. The number of aryl methyl sites for hydroxylation is 1. The molecule has 4 heteroatoms. The molecule has 7 unspecified atom stereocenters. The van der Waals surface area contributed by atoms with E-state index < -0.39 is 10.0 Å². The summed E-state index contributed by atoms with van der Waals surface area (Å²) in [4.78, 5) is 0.462. The fraction of sp³-hybridized carbons (Fsp3) is 0.700. The quantitative estimate of drug-likeness (QED) is 0.825. The van der Waals surface area contributed by atoms with Crippen LogP contribution in [0.4, 0.5) is 0 Å². The molecule has 5 aliphatic rings. The number of fused-ring (bicyclic) bond motifs is 1. The zero-order valence-electron chi connectivity index (χ0n) is 14.8. The van der Waals surface area contributed by atoms with Crippen LogP contribution in [0.25, 0.3) is 0 Å². The van der Waals surface area contributed by atoms with Gasteiger partial charge in [0.05, 0.1) is 4.90 Å². The Hall–Kier alpha value is -0.870. The Labute approximate surface area is 144 Å². The zero-order valence-corrected chi connectivity index (χ0v) is 15.7. The second kappa shape index (κ2) is 3.37. The molecule has 0 aromatic heterocycles. The minimum absolute atomic E-state index is 0.157. The molecule has 4 saturated carbocycles. The summed E-state index contributed by atoms with van der Waals surface area (Å²) in [5.74, 6) is 1.55. The van der Waals surface area contributed by atoms with Crippen molar-refractivity contribution >= 4 is 10.0 Å². The molecule has 0 amide bonds. The van der Waals surface area contributed by atoms with E-state index in [-0.39, 0.29) is 6.04 Å². The molecule has 1 spiro atoms. The van der Waals surface area contributed by atoms with Crippen molar-refractivity contribution < 1.29 is 8.42 Å². The smallest absolute Gasteiger partial charge is 0.207 e. The normalized spacial score (nSPS) is 56.2. The molecule has 0 N–H and O–H groups in total. The summed E-state index contributed by atoms with van der Waals surface area (Å²) in [5.41, 5.74) is 2.70. The molecular weight excluding hydrogens is 318 g/mol. The first-order chi connectivity index (χ1) is 11.2. The Morgan fingerprint density at radius 3 is 2.42 bits per heavy atom. The lowest BCUT2D eigenvalue weighted by atomic mass is 9.75. The van der Waals surface area contributed by atoms with Gasteiger partial charge < -0.3 is 0 Å². The average molecular weight is 343 g/mol. The van der Waals surface area contributed by atoms with E-state index in [1.54, 1.807) is 12.1 Å². The second-order valence-corrected chi connectivity index (χ2v) is 11.7. The van der Waals surface area contributed by atoms with E-state index in [1.165, 1.54) is 12.8 Å². The fourth-order valence-electron chi connectivity index (χ4n) is 8.66. The molecule has 1 saturated heterocycles. The molecule has 1 heterocycles. The average Bonchev–Trinajstić information content (AvgIpc) is 3.00. The highest BCUT2D eigenvalue weighted by atomic mass is 32.2. The monoisotopic (exact) mass is 343 g/mol. The van der Waals surface area contributed by atoms with Gasteiger partial charge in [0.1, 0.15) is 0 Å². The first-order valence-electron chi connectivity index (χ1n) is 9.25. The maximum Gasteiger partial charge on any atom is 0.243 e. The summed E-state index contributed by atoms with van der Waals surface area (Å²) in [5, 5.41) is 0. The van der Waals surface area contributed by atoms with Crippen molar-refractivity contribution in [3.8, 4) is 0 Å². The lowest BCUT2D eigenvalue weighted by molar-refractivity contribution is 0.173. The molecule has 0 radical (unpaired) electrons. The number of nitrogens with zero attached hydrogens (tertiary/aromatic N) is 1. The topological polar surface area (TPSA) is 37.4 Å². The Bertz CT molecular complexity index is 908. The summed E-state index contributed by atoms with van der Waals surface area (Å²) in [6.07, 6.45) is 2.60. The standard InChI is InChI=1S/C20H25NO2S/c1-12-5-7-14(8-6-12)24(22,23)21-11-19-10-18(4)16-17(18,3)9-15(19)20(16,19)13(21)2/h5-8,13,15-16H,9-11H2,1-4H3.